The lowest BCUT2D eigenvalue weighted by atomic mass is 9.76. The molecule has 0 bridgehead atoms. The van der Waals surface area contributed by atoms with Crippen LogP contribution in [0.15, 0.2) is 5.51 Å². The Bertz CT molecular complexity index is 334. The van der Waals surface area contributed by atoms with Crippen molar-refractivity contribution in [1.82, 2.24) is 4.98 Å². The van der Waals surface area contributed by atoms with Crippen molar-refractivity contribution in [2.45, 2.75) is 52.0 Å². The SMILES string of the molecule is CCC1CCCC(C(N)c2scnc2C)C1. The summed E-state index contributed by atoms with van der Waals surface area (Å²) in [5, 5.41) is 0. The lowest BCUT2D eigenvalue weighted by Gasteiger charge is -2.32. The van der Waals surface area contributed by atoms with Crippen LogP contribution < -0.4 is 5.73 Å². The third-order valence-corrected chi connectivity index (χ3v) is 5.03. The molecule has 1 heterocycles. The zero-order valence-electron chi connectivity index (χ0n) is 10.3. The Kier molecular flexibility index (Phi) is 3.98. The first-order chi connectivity index (χ1) is 7.72. The van der Waals surface area contributed by atoms with Gasteiger partial charge in [0.2, 0.25) is 0 Å². The fourth-order valence-electron chi connectivity index (χ4n) is 2.87. The summed E-state index contributed by atoms with van der Waals surface area (Å²) in [6.45, 7) is 4.38. The van der Waals surface area contributed by atoms with E-state index in [1.165, 1.54) is 37.0 Å². The summed E-state index contributed by atoms with van der Waals surface area (Å²) >= 11 is 1.72. The lowest BCUT2D eigenvalue weighted by molar-refractivity contribution is 0.231. The summed E-state index contributed by atoms with van der Waals surface area (Å²) in [6.07, 6.45) is 6.69. The van der Waals surface area contributed by atoms with Gasteiger partial charge in [-0.05, 0) is 31.6 Å². The molecular formula is C13H22N2S. The van der Waals surface area contributed by atoms with Gasteiger partial charge in [-0.2, -0.15) is 0 Å². The highest BCUT2D eigenvalue weighted by Gasteiger charge is 2.28. The highest BCUT2D eigenvalue weighted by molar-refractivity contribution is 7.09. The molecule has 2 nitrogen and oxygen atoms in total. The van der Waals surface area contributed by atoms with E-state index in [2.05, 4.69) is 18.8 Å². The molecule has 2 rings (SSSR count). The number of nitrogens with two attached hydrogens (primary N) is 1. The zero-order chi connectivity index (χ0) is 11.5. The van der Waals surface area contributed by atoms with Gasteiger partial charge in [-0.25, -0.2) is 4.98 Å². The van der Waals surface area contributed by atoms with Gasteiger partial charge in [-0.15, -0.1) is 11.3 Å². The highest BCUT2D eigenvalue weighted by atomic mass is 32.1. The van der Waals surface area contributed by atoms with Crippen LogP contribution in [-0.2, 0) is 0 Å². The molecule has 3 heteroatoms. The van der Waals surface area contributed by atoms with Crippen LogP contribution >= 0.6 is 11.3 Å². The lowest BCUT2D eigenvalue weighted by Crippen LogP contribution is -2.26. The minimum atomic E-state index is 0.224. The first kappa shape index (κ1) is 12.1. The molecule has 0 radical (unpaired) electrons. The topological polar surface area (TPSA) is 38.9 Å². The third kappa shape index (κ3) is 2.46. The average molecular weight is 238 g/mol. The Labute approximate surface area is 102 Å². The Morgan fingerprint density at radius 3 is 3.00 bits per heavy atom. The molecule has 3 unspecified atom stereocenters. The summed E-state index contributed by atoms with van der Waals surface area (Å²) in [5.41, 5.74) is 9.46. The number of hydrogen-bond acceptors (Lipinski definition) is 3. The maximum atomic E-state index is 6.40. The molecule has 1 aliphatic carbocycles. The smallest absolute Gasteiger partial charge is 0.0798 e. The van der Waals surface area contributed by atoms with Crippen molar-refractivity contribution in [3.63, 3.8) is 0 Å². The summed E-state index contributed by atoms with van der Waals surface area (Å²) in [6, 6.07) is 0.224. The van der Waals surface area contributed by atoms with E-state index in [-0.39, 0.29) is 6.04 Å². The molecule has 1 aromatic heterocycles. The molecule has 90 valence electrons. The van der Waals surface area contributed by atoms with E-state index < -0.39 is 0 Å². The summed E-state index contributed by atoms with van der Waals surface area (Å²) in [5.74, 6) is 1.58. The largest absolute Gasteiger partial charge is 0.323 e. The van der Waals surface area contributed by atoms with E-state index in [4.69, 9.17) is 5.73 Å². The summed E-state index contributed by atoms with van der Waals surface area (Å²) < 4.78 is 0. The molecule has 0 amide bonds. The van der Waals surface area contributed by atoms with Crippen LogP contribution in [0.1, 0.15) is 55.6 Å². The Morgan fingerprint density at radius 1 is 1.56 bits per heavy atom. The van der Waals surface area contributed by atoms with Gasteiger partial charge in [-0.3, -0.25) is 0 Å². The number of aromatic nitrogens is 1. The van der Waals surface area contributed by atoms with E-state index in [1.54, 1.807) is 11.3 Å². The van der Waals surface area contributed by atoms with Crippen molar-refractivity contribution < 1.29 is 0 Å². The van der Waals surface area contributed by atoms with Gasteiger partial charge in [-0.1, -0.05) is 26.2 Å². The molecule has 1 fully saturated rings. The van der Waals surface area contributed by atoms with Crippen molar-refractivity contribution in [1.29, 1.82) is 0 Å². The second-order valence-electron chi connectivity index (χ2n) is 5.03. The van der Waals surface area contributed by atoms with Crippen LogP contribution in [-0.4, -0.2) is 4.98 Å². The van der Waals surface area contributed by atoms with Gasteiger partial charge in [0.1, 0.15) is 0 Å². The normalized spacial score (nSPS) is 27.9. The molecule has 3 atom stereocenters. The predicted molar refractivity (Wildman–Crippen MR) is 69.5 cm³/mol. The van der Waals surface area contributed by atoms with Gasteiger partial charge in [0.05, 0.1) is 11.2 Å². The Hall–Kier alpha value is -0.410. The first-order valence-electron chi connectivity index (χ1n) is 6.38. The van der Waals surface area contributed by atoms with Crippen LogP contribution in [0.4, 0.5) is 0 Å². The number of thiazole rings is 1. The van der Waals surface area contributed by atoms with Crippen LogP contribution in [0.3, 0.4) is 0 Å². The van der Waals surface area contributed by atoms with E-state index in [0.717, 1.165) is 11.6 Å². The summed E-state index contributed by atoms with van der Waals surface area (Å²) in [4.78, 5) is 5.62. The van der Waals surface area contributed by atoms with Gasteiger partial charge in [0.25, 0.3) is 0 Å². The molecule has 1 aromatic rings. The molecule has 0 aliphatic heterocycles. The standard InChI is InChI=1S/C13H22N2S/c1-3-10-5-4-6-11(7-10)12(14)13-9(2)15-8-16-13/h8,10-12H,3-7,14H2,1-2H3. The number of hydrogen-bond donors (Lipinski definition) is 1. The molecular weight excluding hydrogens is 216 g/mol. The zero-order valence-corrected chi connectivity index (χ0v) is 11.1. The monoisotopic (exact) mass is 238 g/mol. The highest BCUT2D eigenvalue weighted by Crippen LogP contribution is 2.38. The fourth-order valence-corrected chi connectivity index (χ4v) is 3.77. The number of aryl methyl sites for hydroxylation is 1. The minimum absolute atomic E-state index is 0.224. The van der Waals surface area contributed by atoms with Crippen molar-refractivity contribution in [2.75, 3.05) is 0 Å². The van der Waals surface area contributed by atoms with Crippen molar-refractivity contribution in [3.05, 3.63) is 16.1 Å². The molecule has 0 spiro atoms. The second kappa shape index (κ2) is 5.28. The molecule has 1 aliphatic rings. The summed E-state index contributed by atoms with van der Waals surface area (Å²) in [7, 11) is 0. The maximum absolute atomic E-state index is 6.40. The third-order valence-electron chi connectivity index (χ3n) is 3.99. The van der Waals surface area contributed by atoms with Gasteiger partial charge in [0.15, 0.2) is 0 Å². The van der Waals surface area contributed by atoms with Gasteiger partial charge >= 0.3 is 0 Å². The predicted octanol–water partition coefficient (Wildman–Crippen LogP) is 3.67. The van der Waals surface area contributed by atoms with E-state index in [1.807, 2.05) is 5.51 Å². The molecule has 1 saturated carbocycles. The minimum Gasteiger partial charge on any atom is -0.323 e. The average Bonchev–Trinajstić information content (AvgIpc) is 2.74. The van der Waals surface area contributed by atoms with Crippen molar-refractivity contribution in [3.8, 4) is 0 Å². The van der Waals surface area contributed by atoms with E-state index in [0.29, 0.717) is 5.92 Å². The van der Waals surface area contributed by atoms with Gasteiger partial charge in [0, 0.05) is 10.9 Å². The molecule has 16 heavy (non-hydrogen) atoms. The fraction of sp³-hybridized carbons (Fsp3) is 0.769. The van der Waals surface area contributed by atoms with Crippen LogP contribution in [0, 0.1) is 18.8 Å². The second-order valence-corrected chi connectivity index (χ2v) is 5.92. The Balaban J connectivity index is 2.04. The quantitative estimate of drug-likeness (QED) is 0.872. The molecule has 0 aromatic carbocycles. The Morgan fingerprint density at radius 2 is 2.38 bits per heavy atom. The van der Waals surface area contributed by atoms with Gasteiger partial charge < -0.3 is 5.73 Å². The number of rotatable bonds is 3. The van der Waals surface area contributed by atoms with Crippen molar-refractivity contribution in [2.24, 2.45) is 17.6 Å². The number of nitrogens with zero attached hydrogens (tertiary/aromatic N) is 1. The maximum Gasteiger partial charge on any atom is 0.0798 e. The van der Waals surface area contributed by atoms with E-state index in [9.17, 15) is 0 Å². The van der Waals surface area contributed by atoms with E-state index >= 15 is 0 Å². The van der Waals surface area contributed by atoms with Crippen LogP contribution in [0.25, 0.3) is 0 Å². The molecule has 2 N–H and O–H groups in total. The van der Waals surface area contributed by atoms with Crippen molar-refractivity contribution >= 4 is 11.3 Å². The van der Waals surface area contributed by atoms with Crippen LogP contribution in [0.2, 0.25) is 0 Å². The van der Waals surface area contributed by atoms with Crippen LogP contribution in [0.5, 0.6) is 0 Å². The molecule has 0 saturated heterocycles. The first-order valence-corrected chi connectivity index (χ1v) is 7.25.